The third-order valence-electron chi connectivity index (χ3n) is 2.59. The Morgan fingerprint density at radius 2 is 2.28 bits per heavy atom. The minimum Gasteiger partial charge on any atom is -0.467 e. The molecule has 0 bridgehead atoms. The van der Waals surface area contributed by atoms with Gasteiger partial charge in [-0.15, -0.1) is 0 Å². The fraction of sp³-hybridized carbons (Fsp3) is 0.250. The second-order valence-electron chi connectivity index (χ2n) is 3.75. The van der Waals surface area contributed by atoms with Crippen molar-refractivity contribution < 1.29 is 9.53 Å². The molecule has 0 saturated heterocycles. The van der Waals surface area contributed by atoms with Crippen molar-refractivity contribution in [1.29, 1.82) is 0 Å². The molecule has 1 atom stereocenters. The van der Waals surface area contributed by atoms with Gasteiger partial charge in [0.15, 0.2) is 0 Å². The fourth-order valence-corrected chi connectivity index (χ4v) is 2.03. The highest BCUT2D eigenvalue weighted by Crippen LogP contribution is 2.23. The summed E-state index contributed by atoms with van der Waals surface area (Å²) in [6, 6.07) is 1.47. The number of aromatic nitrogens is 3. The van der Waals surface area contributed by atoms with Crippen molar-refractivity contribution in [3.05, 3.63) is 35.3 Å². The van der Waals surface area contributed by atoms with Crippen LogP contribution in [0.2, 0.25) is 0 Å². The number of esters is 1. The number of ether oxygens (including phenoxy) is 1. The quantitative estimate of drug-likeness (QED) is 0.817. The van der Waals surface area contributed by atoms with Gasteiger partial charge >= 0.3 is 5.97 Å². The first-order chi connectivity index (χ1) is 8.63. The average Bonchev–Trinajstić information content (AvgIpc) is 2.86. The highest BCUT2D eigenvalue weighted by Gasteiger charge is 2.19. The van der Waals surface area contributed by atoms with Gasteiger partial charge in [0.1, 0.15) is 11.9 Å². The highest BCUT2D eigenvalue weighted by atomic mass is 79.9. The van der Waals surface area contributed by atoms with E-state index in [1.54, 1.807) is 36.3 Å². The fourth-order valence-electron chi connectivity index (χ4n) is 1.67. The van der Waals surface area contributed by atoms with Crippen LogP contribution in [0.1, 0.15) is 13.0 Å². The maximum absolute atomic E-state index is 11.6. The molecule has 0 N–H and O–H groups in total. The van der Waals surface area contributed by atoms with E-state index in [4.69, 9.17) is 4.74 Å². The molecule has 0 saturated carbocycles. The second kappa shape index (κ2) is 5.30. The van der Waals surface area contributed by atoms with Crippen LogP contribution < -0.4 is 0 Å². The van der Waals surface area contributed by atoms with E-state index in [0.717, 1.165) is 10.0 Å². The normalized spacial score (nSPS) is 12.2. The molecule has 2 heterocycles. The van der Waals surface area contributed by atoms with E-state index in [1.807, 2.05) is 6.07 Å². The number of pyridine rings is 1. The first-order valence-electron chi connectivity index (χ1n) is 5.35. The van der Waals surface area contributed by atoms with Crippen LogP contribution in [-0.2, 0) is 9.53 Å². The molecule has 0 aliphatic carbocycles. The maximum Gasteiger partial charge on any atom is 0.328 e. The number of nitrogens with zero attached hydrogens (tertiary/aromatic N) is 3. The van der Waals surface area contributed by atoms with Gasteiger partial charge in [-0.2, -0.15) is 0 Å². The van der Waals surface area contributed by atoms with Crippen LogP contribution in [0.5, 0.6) is 0 Å². The lowest BCUT2D eigenvalue weighted by Crippen LogP contribution is -2.18. The van der Waals surface area contributed by atoms with Crippen LogP contribution >= 0.6 is 15.9 Å². The molecule has 2 aromatic heterocycles. The molecular formula is C12H12BrN3O2. The SMILES string of the molecule is COC(=O)C(C)n1ccnc1-c1cncc(Br)c1. The molecule has 2 aromatic rings. The summed E-state index contributed by atoms with van der Waals surface area (Å²) in [6.07, 6.45) is 6.79. The molecule has 1 unspecified atom stereocenters. The Morgan fingerprint density at radius 3 is 2.94 bits per heavy atom. The first-order valence-corrected chi connectivity index (χ1v) is 6.14. The summed E-state index contributed by atoms with van der Waals surface area (Å²) < 4.78 is 7.36. The number of rotatable bonds is 3. The topological polar surface area (TPSA) is 57.0 Å². The highest BCUT2D eigenvalue weighted by molar-refractivity contribution is 9.10. The minimum absolute atomic E-state index is 0.308. The molecule has 6 heteroatoms. The molecule has 0 aliphatic heterocycles. The van der Waals surface area contributed by atoms with Crippen molar-refractivity contribution >= 4 is 21.9 Å². The zero-order valence-electron chi connectivity index (χ0n) is 10.0. The minimum atomic E-state index is -0.425. The van der Waals surface area contributed by atoms with Gasteiger partial charge in [-0.05, 0) is 28.9 Å². The Labute approximate surface area is 113 Å². The Bertz CT molecular complexity index is 568. The third-order valence-corrected chi connectivity index (χ3v) is 3.02. The second-order valence-corrected chi connectivity index (χ2v) is 4.66. The summed E-state index contributed by atoms with van der Waals surface area (Å²) in [6.45, 7) is 1.77. The lowest BCUT2D eigenvalue weighted by Gasteiger charge is -2.14. The zero-order chi connectivity index (χ0) is 13.1. The summed E-state index contributed by atoms with van der Waals surface area (Å²) in [5, 5.41) is 0. The van der Waals surface area contributed by atoms with E-state index in [-0.39, 0.29) is 5.97 Å². The van der Waals surface area contributed by atoms with Crippen molar-refractivity contribution in [3.63, 3.8) is 0 Å². The number of methoxy groups -OCH3 is 1. The van der Waals surface area contributed by atoms with Gasteiger partial charge in [-0.1, -0.05) is 0 Å². The Kier molecular flexibility index (Phi) is 3.76. The Morgan fingerprint density at radius 1 is 1.50 bits per heavy atom. The summed E-state index contributed by atoms with van der Waals surface area (Å²) in [7, 11) is 1.37. The standard InChI is InChI=1S/C12H12BrN3O2/c1-8(12(17)18-2)16-4-3-15-11(16)9-5-10(13)7-14-6-9/h3-8H,1-2H3. The molecule has 5 nitrogen and oxygen atoms in total. The smallest absolute Gasteiger partial charge is 0.328 e. The zero-order valence-corrected chi connectivity index (χ0v) is 11.6. The van der Waals surface area contributed by atoms with Gasteiger partial charge in [0.2, 0.25) is 0 Å². The van der Waals surface area contributed by atoms with Crippen molar-refractivity contribution in [2.24, 2.45) is 0 Å². The van der Waals surface area contributed by atoms with Crippen molar-refractivity contribution in [2.45, 2.75) is 13.0 Å². The summed E-state index contributed by atoms with van der Waals surface area (Å²) in [4.78, 5) is 19.9. The molecule has 0 amide bonds. The molecule has 2 rings (SSSR count). The van der Waals surface area contributed by atoms with Gasteiger partial charge in [0.05, 0.1) is 7.11 Å². The summed E-state index contributed by atoms with van der Waals surface area (Å²) >= 11 is 3.36. The lowest BCUT2D eigenvalue weighted by atomic mass is 10.2. The molecular weight excluding hydrogens is 298 g/mol. The van der Waals surface area contributed by atoms with Crippen LogP contribution in [-0.4, -0.2) is 27.6 Å². The average molecular weight is 310 g/mol. The van der Waals surface area contributed by atoms with Crippen molar-refractivity contribution in [1.82, 2.24) is 14.5 Å². The molecule has 0 aliphatic rings. The predicted molar refractivity (Wildman–Crippen MR) is 69.9 cm³/mol. The maximum atomic E-state index is 11.6. The number of halogens is 1. The molecule has 0 spiro atoms. The van der Waals surface area contributed by atoms with Crippen LogP contribution in [0.15, 0.2) is 35.3 Å². The van der Waals surface area contributed by atoms with Gasteiger partial charge < -0.3 is 9.30 Å². The Balaban J connectivity index is 2.42. The van der Waals surface area contributed by atoms with Gasteiger partial charge in [0.25, 0.3) is 0 Å². The summed E-state index contributed by atoms with van der Waals surface area (Å²) in [5.41, 5.74) is 0.838. The van der Waals surface area contributed by atoms with Gasteiger partial charge in [0, 0.05) is 34.8 Å². The number of hydrogen-bond acceptors (Lipinski definition) is 4. The molecule has 94 valence electrons. The lowest BCUT2D eigenvalue weighted by molar-refractivity contribution is -0.143. The monoisotopic (exact) mass is 309 g/mol. The number of hydrogen-bond donors (Lipinski definition) is 0. The number of carbonyl (C=O) groups is 1. The van der Waals surface area contributed by atoms with Crippen molar-refractivity contribution in [3.8, 4) is 11.4 Å². The van der Waals surface area contributed by atoms with Crippen LogP contribution in [0.25, 0.3) is 11.4 Å². The van der Waals surface area contributed by atoms with E-state index in [9.17, 15) is 4.79 Å². The largest absolute Gasteiger partial charge is 0.467 e. The molecule has 0 fully saturated rings. The van der Waals surface area contributed by atoms with Crippen LogP contribution in [0.3, 0.4) is 0 Å². The van der Waals surface area contributed by atoms with Crippen LogP contribution in [0.4, 0.5) is 0 Å². The first kappa shape index (κ1) is 12.8. The molecule has 0 aromatic carbocycles. The van der Waals surface area contributed by atoms with Gasteiger partial charge in [-0.3, -0.25) is 4.98 Å². The van der Waals surface area contributed by atoms with Crippen molar-refractivity contribution in [2.75, 3.05) is 7.11 Å². The van der Waals surface area contributed by atoms with E-state index in [1.165, 1.54) is 7.11 Å². The molecule has 0 radical (unpaired) electrons. The predicted octanol–water partition coefficient (Wildman–Crippen LogP) is 2.44. The third kappa shape index (κ3) is 2.43. The van der Waals surface area contributed by atoms with E-state index < -0.39 is 6.04 Å². The van der Waals surface area contributed by atoms with E-state index >= 15 is 0 Å². The van der Waals surface area contributed by atoms with Gasteiger partial charge in [-0.25, -0.2) is 9.78 Å². The van der Waals surface area contributed by atoms with E-state index in [2.05, 4.69) is 25.9 Å². The number of carbonyl (C=O) groups excluding carboxylic acids is 1. The molecule has 18 heavy (non-hydrogen) atoms. The van der Waals surface area contributed by atoms with Crippen LogP contribution in [0, 0.1) is 0 Å². The summed E-state index contributed by atoms with van der Waals surface area (Å²) in [5.74, 6) is 0.374. The number of imidazole rings is 1. The van der Waals surface area contributed by atoms with E-state index in [0.29, 0.717) is 5.82 Å². The Hall–Kier alpha value is -1.69.